The van der Waals surface area contributed by atoms with E-state index in [9.17, 15) is 9.59 Å². The molecular formula is C22H17N5O3S. The first-order valence-corrected chi connectivity index (χ1v) is 10.5. The molecular weight excluding hydrogens is 414 g/mol. The van der Waals surface area contributed by atoms with Gasteiger partial charge in [-0.25, -0.2) is 4.98 Å². The fraction of sp³-hybridized carbons (Fsp3) is 0.136. The Hall–Kier alpha value is -3.72. The Morgan fingerprint density at radius 3 is 2.74 bits per heavy atom. The van der Waals surface area contributed by atoms with Gasteiger partial charge in [-0.3, -0.25) is 19.6 Å². The molecule has 1 atom stereocenters. The summed E-state index contributed by atoms with van der Waals surface area (Å²) in [4.78, 5) is 39.3. The van der Waals surface area contributed by atoms with E-state index in [-0.39, 0.29) is 24.1 Å². The predicted molar refractivity (Wildman–Crippen MR) is 119 cm³/mol. The van der Waals surface area contributed by atoms with Gasteiger partial charge in [0.05, 0.1) is 36.2 Å². The molecule has 0 saturated heterocycles. The van der Waals surface area contributed by atoms with Crippen LogP contribution in [0.25, 0.3) is 11.0 Å². The van der Waals surface area contributed by atoms with Gasteiger partial charge in [0.25, 0.3) is 5.91 Å². The van der Waals surface area contributed by atoms with Gasteiger partial charge < -0.3 is 15.3 Å². The SMILES string of the molecule is O=C(O)CC1=CSC2=NC(c3ccccc3NC(=O)c3cnc4ccccc4n3)CN12. The zero-order valence-electron chi connectivity index (χ0n) is 16.2. The molecule has 2 N–H and O–H groups in total. The number of thioether (sulfide) groups is 1. The lowest BCUT2D eigenvalue weighted by Crippen LogP contribution is -2.23. The molecule has 0 bridgehead atoms. The molecule has 3 heterocycles. The van der Waals surface area contributed by atoms with Crippen LogP contribution < -0.4 is 5.32 Å². The Labute approximate surface area is 181 Å². The lowest BCUT2D eigenvalue weighted by molar-refractivity contribution is -0.136. The van der Waals surface area contributed by atoms with Crippen LogP contribution in [-0.2, 0) is 4.79 Å². The average molecular weight is 431 g/mol. The number of hydrogen-bond donors (Lipinski definition) is 2. The zero-order chi connectivity index (χ0) is 21.4. The van der Waals surface area contributed by atoms with Crippen LogP contribution in [0.1, 0.15) is 28.5 Å². The second-order valence-corrected chi connectivity index (χ2v) is 7.96. The van der Waals surface area contributed by atoms with Crippen molar-refractivity contribution in [2.45, 2.75) is 12.5 Å². The molecule has 2 aromatic carbocycles. The van der Waals surface area contributed by atoms with Gasteiger partial charge in [0, 0.05) is 16.9 Å². The van der Waals surface area contributed by atoms with E-state index < -0.39 is 5.97 Å². The molecule has 1 aromatic heterocycles. The number of carboxylic acids is 1. The third kappa shape index (κ3) is 3.75. The molecule has 9 heteroatoms. The van der Waals surface area contributed by atoms with E-state index in [2.05, 4.69) is 15.3 Å². The first-order chi connectivity index (χ1) is 15.1. The first kappa shape index (κ1) is 19.3. The molecule has 0 aliphatic carbocycles. The summed E-state index contributed by atoms with van der Waals surface area (Å²) in [5, 5.41) is 14.7. The number of aliphatic imine (C=N–C) groups is 1. The summed E-state index contributed by atoms with van der Waals surface area (Å²) in [6.07, 6.45) is 1.42. The summed E-state index contributed by atoms with van der Waals surface area (Å²) in [7, 11) is 0. The van der Waals surface area contributed by atoms with Gasteiger partial charge in [-0.15, -0.1) is 0 Å². The molecule has 3 aromatic rings. The molecule has 0 saturated carbocycles. The molecule has 31 heavy (non-hydrogen) atoms. The number of hydrogen-bond acceptors (Lipinski definition) is 7. The van der Waals surface area contributed by atoms with Gasteiger partial charge in [-0.2, -0.15) is 0 Å². The monoisotopic (exact) mass is 431 g/mol. The van der Waals surface area contributed by atoms with Crippen LogP contribution >= 0.6 is 11.8 Å². The maximum atomic E-state index is 12.9. The molecule has 0 radical (unpaired) electrons. The molecule has 0 spiro atoms. The fourth-order valence-corrected chi connectivity index (χ4v) is 4.59. The lowest BCUT2D eigenvalue weighted by Gasteiger charge is -2.18. The summed E-state index contributed by atoms with van der Waals surface area (Å²) in [5.41, 5.74) is 3.85. The third-order valence-electron chi connectivity index (χ3n) is 5.08. The Balaban J connectivity index is 1.37. The molecule has 1 amide bonds. The normalized spacial score (nSPS) is 17.3. The number of carbonyl (C=O) groups is 2. The number of aliphatic carboxylic acids is 1. The maximum Gasteiger partial charge on any atom is 0.309 e. The molecule has 0 fully saturated rings. The fourth-order valence-electron chi connectivity index (χ4n) is 3.63. The van der Waals surface area contributed by atoms with Crippen molar-refractivity contribution in [2.75, 3.05) is 11.9 Å². The van der Waals surface area contributed by atoms with Crippen molar-refractivity contribution in [3.63, 3.8) is 0 Å². The third-order valence-corrected chi connectivity index (χ3v) is 6.01. The number of benzene rings is 2. The smallest absolute Gasteiger partial charge is 0.309 e. The largest absolute Gasteiger partial charge is 0.481 e. The average Bonchev–Trinajstić information content (AvgIpc) is 3.35. The highest BCUT2D eigenvalue weighted by Crippen LogP contribution is 2.39. The van der Waals surface area contributed by atoms with Crippen LogP contribution in [0.15, 0.2) is 70.8 Å². The van der Waals surface area contributed by atoms with E-state index in [1.54, 1.807) is 0 Å². The highest BCUT2D eigenvalue weighted by molar-refractivity contribution is 8.16. The minimum Gasteiger partial charge on any atom is -0.481 e. The van der Waals surface area contributed by atoms with Crippen molar-refractivity contribution in [2.24, 2.45) is 4.99 Å². The van der Waals surface area contributed by atoms with Gasteiger partial charge >= 0.3 is 5.97 Å². The number of nitrogens with zero attached hydrogens (tertiary/aromatic N) is 4. The van der Waals surface area contributed by atoms with Gasteiger partial charge in [0.15, 0.2) is 5.17 Å². The minimum absolute atomic E-state index is 0.0439. The first-order valence-electron chi connectivity index (χ1n) is 9.63. The molecule has 8 nitrogen and oxygen atoms in total. The van der Waals surface area contributed by atoms with Gasteiger partial charge in [-0.1, -0.05) is 42.1 Å². The van der Waals surface area contributed by atoms with E-state index in [1.165, 1.54) is 18.0 Å². The summed E-state index contributed by atoms with van der Waals surface area (Å²) in [6, 6.07) is 14.7. The van der Waals surface area contributed by atoms with Crippen LogP contribution in [0.3, 0.4) is 0 Å². The summed E-state index contributed by atoms with van der Waals surface area (Å²) < 4.78 is 0. The Morgan fingerprint density at radius 2 is 1.90 bits per heavy atom. The van der Waals surface area contributed by atoms with E-state index in [0.29, 0.717) is 17.7 Å². The van der Waals surface area contributed by atoms with Crippen molar-refractivity contribution in [3.8, 4) is 0 Å². The number of nitrogens with one attached hydrogen (secondary N) is 1. The standard InChI is InChI=1S/C22H17N5O3S/c28-20(29)9-13-12-31-22-26-19(11-27(13)22)14-5-1-2-6-15(14)25-21(30)18-10-23-16-7-3-4-8-17(16)24-18/h1-8,10,12,19H,9,11H2,(H,25,30)(H,28,29). The van der Waals surface area contributed by atoms with Crippen LogP contribution in [0.2, 0.25) is 0 Å². The second kappa shape index (κ2) is 7.84. The Bertz CT molecular complexity index is 1270. The van der Waals surface area contributed by atoms with Crippen LogP contribution in [0.5, 0.6) is 0 Å². The highest BCUT2D eigenvalue weighted by Gasteiger charge is 2.34. The Kier molecular flexibility index (Phi) is 4.87. The number of amidine groups is 1. The van der Waals surface area contributed by atoms with Crippen molar-refractivity contribution in [1.82, 2.24) is 14.9 Å². The molecule has 1 unspecified atom stereocenters. The van der Waals surface area contributed by atoms with E-state index >= 15 is 0 Å². The van der Waals surface area contributed by atoms with Gasteiger partial charge in [0.2, 0.25) is 0 Å². The molecule has 154 valence electrons. The molecule has 5 rings (SSSR count). The maximum absolute atomic E-state index is 12.9. The summed E-state index contributed by atoms with van der Waals surface area (Å²) >= 11 is 1.42. The number of para-hydroxylation sites is 3. The predicted octanol–water partition coefficient (Wildman–Crippen LogP) is 3.66. The number of fused-ring (bicyclic) bond motifs is 2. The van der Waals surface area contributed by atoms with Crippen molar-refractivity contribution < 1.29 is 14.7 Å². The number of carbonyl (C=O) groups excluding carboxylic acids is 1. The number of anilines is 1. The van der Waals surface area contributed by atoms with E-state index in [0.717, 1.165) is 21.9 Å². The van der Waals surface area contributed by atoms with E-state index in [1.807, 2.05) is 58.8 Å². The van der Waals surface area contributed by atoms with Crippen molar-refractivity contribution >= 4 is 45.5 Å². The lowest BCUT2D eigenvalue weighted by atomic mass is 10.0. The summed E-state index contributed by atoms with van der Waals surface area (Å²) in [5.74, 6) is -1.22. The van der Waals surface area contributed by atoms with Crippen molar-refractivity contribution in [3.05, 3.63) is 77.1 Å². The second-order valence-electron chi connectivity index (χ2n) is 7.12. The van der Waals surface area contributed by atoms with E-state index in [4.69, 9.17) is 10.1 Å². The highest BCUT2D eigenvalue weighted by atomic mass is 32.2. The number of carboxylic acid groups (broad SMARTS) is 1. The topological polar surface area (TPSA) is 108 Å². The Morgan fingerprint density at radius 1 is 1.13 bits per heavy atom. The minimum atomic E-state index is -0.874. The molecule has 2 aliphatic rings. The quantitative estimate of drug-likeness (QED) is 0.635. The molecule has 2 aliphatic heterocycles. The van der Waals surface area contributed by atoms with Crippen molar-refractivity contribution in [1.29, 1.82) is 0 Å². The summed E-state index contributed by atoms with van der Waals surface area (Å²) in [6.45, 7) is 0.532. The number of aromatic nitrogens is 2. The van der Waals surface area contributed by atoms with Crippen LogP contribution in [0, 0.1) is 0 Å². The van der Waals surface area contributed by atoms with Crippen LogP contribution in [0.4, 0.5) is 5.69 Å². The van der Waals surface area contributed by atoms with Gasteiger partial charge in [0.1, 0.15) is 5.69 Å². The zero-order valence-corrected chi connectivity index (χ0v) is 17.0. The van der Waals surface area contributed by atoms with Gasteiger partial charge in [-0.05, 0) is 23.6 Å². The van der Waals surface area contributed by atoms with Crippen LogP contribution in [-0.4, -0.2) is 43.6 Å². The number of amides is 1. The number of rotatable bonds is 5.